The lowest BCUT2D eigenvalue weighted by Gasteiger charge is -2.28. The zero-order chi connectivity index (χ0) is 14.8. The first-order chi connectivity index (χ1) is 9.47. The van der Waals surface area contributed by atoms with Crippen LogP contribution in [0.5, 0.6) is 0 Å². The maximum atomic E-state index is 12.3. The molecule has 1 amide bonds. The SMILES string of the molecule is CCN(CC)C(=O)c1cc(NC(C)(C)C2CC2)ccn1. The summed E-state index contributed by atoms with van der Waals surface area (Å²) in [6.07, 6.45) is 4.29. The van der Waals surface area contributed by atoms with E-state index in [1.165, 1.54) is 12.8 Å². The predicted octanol–water partition coefficient (Wildman–Crippen LogP) is 3.16. The molecule has 1 aliphatic rings. The third-order valence-electron chi connectivity index (χ3n) is 4.09. The third-order valence-corrected chi connectivity index (χ3v) is 4.09. The molecule has 4 nitrogen and oxygen atoms in total. The van der Waals surface area contributed by atoms with Gasteiger partial charge in [-0.1, -0.05) is 0 Å². The molecule has 20 heavy (non-hydrogen) atoms. The molecule has 0 aliphatic heterocycles. The summed E-state index contributed by atoms with van der Waals surface area (Å²) in [5.41, 5.74) is 1.58. The van der Waals surface area contributed by atoms with Gasteiger partial charge in [0.25, 0.3) is 5.91 Å². The Morgan fingerprint density at radius 1 is 1.40 bits per heavy atom. The molecular weight excluding hydrogens is 250 g/mol. The number of carbonyl (C=O) groups excluding carboxylic acids is 1. The molecule has 2 rings (SSSR count). The fourth-order valence-corrected chi connectivity index (χ4v) is 2.58. The Bertz CT molecular complexity index is 476. The van der Waals surface area contributed by atoms with Gasteiger partial charge < -0.3 is 10.2 Å². The number of aromatic nitrogens is 1. The monoisotopic (exact) mass is 275 g/mol. The van der Waals surface area contributed by atoms with Crippen molar-refractivity contribution >= 4 is 11.6 Å². The molecule has 1 N–H and O–H groups in total. The number of amides is 1. The van der Waals surface area contributed by atoms with Crippen LogP contribution in [0.25, 0.3) is 0 Å². The fraction of sp³-hybridized carbons (Fsp3) is 0.625. The van der Waals surface area contributed by atoms with Gasteiger partial charge in [0.1, 0.15) is 5.69 Å². The molecule has 0 saturated heterocycles. The third kappa shape index (κ3) is 3.30. The molecular formula is C16H25N3O. The van der Waals surface area contributed by atoms with Crippen LogP contribution in [0.1, 0.15) is 51.0 Å². The number of rotatable bonds is 6. The van der Waals surface area contributed by atoms with Gasteiger partial charge in [0.05, 0.1) is 0 Å². The first-order valence-corrected chi connectivity index (χ1v) is 7.51. The first kappa shape index (κ1) is 14.8. The normalized spacial score (nSPS) is 15.0. The van der Waals surface area contributed by atoms with Crippen LogP contribution in [0.15, 0.2) is 18.3 Å². The Morgan fingerprint density at radius 2 is 2.05 bits per heavy atom. The molecule has 1 saturated carbocycles. The molecule has 0 aromatic carbocycles. The van der Waals surface area contributed by atoms with Gasteiger partial charge in [-0.15, -0.1) is 0 Å². The molecule has 0 spiro atoms. The maximum Gasteiger partial charge on any atom is 0.272 e. The van der Waals surface area contributed by atoms with Crippen molar-refractivity contribution in [2.75, 3.05) is 18.4 Å². The number of anilines is 1. The molecule has 0 radical (unpaired) electrons. The second kappa shape index (κ2) is 5.81. The smallest absolute Gasteiger partial charge is 0.272 e. The van der Waals surface area contributed by atoms with Gasteiger partial charge >= 0.3 is 0 Å². The standard InChI is InChI=1S/C16H25N3O/c1-5-19(6-2)15(20)14-11-13(9-10-17-14)18-16(3,4)12-7-8-12/h9-12H,5-8H2,1-4H3,(H,17,18). The summed E-state index contributed by atoms with van der Waals surface area (Å²) >= 11 is 0. The first-order valence-electron chi connectivity index (χ1n) is 7.51. The van der Waals surface area contributed by atoms with Crippen molar-refractivity contribution in [1.82, 2.24) is 9.88 Å². The van der Waals surface area contributed by atoms with Gasteiger partial charge in [0, 0.05) is 30.5 Å². The molecule has 1 aromatic rings. The molecule has 0 bridgehead atoms. The topological polar surface area (TPSA) is 45.2 Å². The maximum absolute atomic E-state index is 12.3. The number of nitrogens with one attached hydrogen (secondary N) is 1. The van der Waals surface area contributed by atoms with Gasteiger partial charge in [-0.05, 0) is 58.6 Å². The second-order valence-corrected chi connectivity index (χ2v) is 6.03. The minimum atomic E-state index is 0.00266. The highest BCUT2D eigenvalue weighted by Crippen LogP contribution is 2.41. The van der Waals surface area contributed by atoms with Crippen molar-refractivity contribution in [2.24, 2.45) is 5.92 Å². The highest BCUT2D eigenvalue weighted by Gasteiger charge is 2.37. The summed E-state index contributed by atoms with van der Waals surface area (Å²) in [5, 5.41) is 3.54. The summed E-state index contributed by atoms with van der Waals surface area (Å²) in [5.74, 6) is 0.737. The number of hydrogen-bond donors (Lipinski definition) is 1. The highest BCUT2D eigenvalue weighted by atomic mass is 16.2. The van der Waals surface area contributed by atoms with E-state index < -0.39 is 0 Å². The lowest BCUT2D eigenvalue weighted by atomic mass is 9.98. The minimum Gasteiger partial charge on any atom is -0.380 e. The van der Waals surface area contributed by atoms with E-state index in [4.69, 9.17) is 0 Å². The average molecular weight is 275 g/mol. The van der Waals surface area contributed by atoms with E-state index in [-0.39, 0.29) is 11.4 Å². The van der Waals surface area contributed by atoms with Crippen LogP contribution in [0.3, 0.4) is 0 Å². The van der Waals surface area contributed by atoms with E-state index in [2.05, 4.69) is 24.1 Å². The Morgan fingerprint density at radius 3 is 2.60 bits per heavy atom. The number of pyridine rings is 1. The van der Waals surface area contributed by atoms with E-state index >= 15 is 0 Å². The van der Waals surface area contributed by atoms with Crippen molar-refractivity contribution in [1.29, 1.82) is 0 Å². The Labute approximate surface area is 121 Å². The molecule has 4 heteroatoms. The number of hydrogen-bond acceptors (Lipinski definition) is 3. The summed E-state index contributed by atoms with van der Waals surface area (Å²) < 4.78 is 0. The van der Waals surface area contributed by atoms with Crippen LogP contribution in [-0.4, -0.2) is 34.4 Å². The molecule has 1 heterocycles. The Kier molecular flexibility index (Phi) is 4.31. The van der Waals surface area contributed by atoms with Crippen molar-refractivity contribution in [3.63, 3.8) is 0 Å². The predicted molar refractivity (Wildman–Crippen MR) is 81.9 cm³/mol. The van der Waals surface area contributed by atoms with Crippen molar-refractivity contribution < 1.29 is 4.79 Å². The molecule has 0 atom stereocenters. The number of carbonyl (C=O) groups is 1. The van der Waals surface area contributed by atoms with Crippen molar-refractivity contribution in [3.05, 3.63) is 24.0 Å². The minimum absolute atomic E-state index is 0.00266. The summed E-state index contributed by atoms with van der Waals surface area (Å²) in [6.45, 7) is 9.83. The van der Waals surface area contributed by atoms with Gasteiger partial charge in [-0.25, -0.2) is 0 Å². The molecule has 110 valence electrons. The average Bonchev–Trinajstić information content (AvgIpc) is 3.24. The molecule has 1 fully saturated rings. The van der Waals surface area contributed by atoms with Gasteiger partial charge in [0.15, 0.2) is 0 Å². The lowest BCUT2D eigenvalue weighted by Crippen LogP contribution is -2.34. The Hall–Kier alpha value is -1.58. The molecule has 1 aromatic heterocycles. The fourth-order valence-electron chi connectivity index (χ4n) is 2.58. The lowest BCUT2D eigenvalue weighted by molar-refractivity contribution is 0.0767. The zero-order valence-corrected chi connectivity index (χ0v) is 12.9. The van der Waals surface area contributed by atoms with Crippen molar-refractivity contribution in [2.45, 2.75) is 46.1 Å². The van der Waals surface area contributed by atoms with Crippen LogP contribution in [0.2, 0.25) is 0 Å². The van der Waals surface area contributed by atoms with Crippen LogP contribution in [0, 0.1) is 5.92 Å². The summed E-state index contributed by atoms with van der Waals surface area (Å²) in [7, 11) is 0. The van der Waals surface area contributed by atoms with E-state index in [0.717, 1.165) is 11.6 Å². The van der Waals surface area contributed by atoms with Gasteiger partial charge in [-0.3, -0.25) is 9.78 Å². The molecule has 1 aliphatic carbocycles. The van der Waals surface area contributed by atoms with E-state index in [0.29, 0.717) is 18.8 Å². The van der Waals surface area contributed by atoms with Crippen LogP contribution >= 0.6 is 0 Å². The van der Waals surface area contributed by atoms with Crippen LogP contribution < -0.4 is 5.32 Å². The number of nitrogens with zero attached hydrogens (tertiary/aromatic N) is 2. The summed E-state index contributed by atoms with van der Waals surface area (Å²) in [4.78, 5) is 18.3. The van der Waals surface area contributed by atoms with E-state index in [1.54, 1.807) is 11.1 Å². The summed E-state index contributed by atoms with van der Waals surface area (Å²) in [6, 6.07) is 3.80. The van der Waals surface area contributed by atoms with Crippen molar-refractivity contribution in [3.8, 4) is 0 Å². The largest absolute Gasteiger partial charge is 0.380 e. The van der Waals surface area contributed by atoms with Gasteiger partial charge in [0.2, 0.25) is 0 Å². The second-order valence-electron chi connectivity index (χ2n) is 6.03. The quantitative estimate of drug-likeness (QED) is 0.867. The Balaban J connectivity index is 2.13. The zero-order valence-electron chi connectivity index (χ0n) is 12.9. The van der Waals surface area contributed by atoms with E-state index in [1.807, 2.05) is 26.0 Å². The van der Waals surface area contributed by atoms with E-state index in [9.17, 15) is 4.79 Å². The van der Waals surface area contributed by atoms with Crippen LogP contribution in [-0.2, 0) is 0 Å². The van der Waals surface area contributed by atoms with Gasteiger partial charge in [-0.2, -0.15) is 0 Å². The van der Waals surface area contributed by atoms with Crippen LogP contribution in [0.4, 0.5) is 5.69 Å². The highest BCUT2D eigenvalue weighted by molar-refractivity contribution is 5.93. The molecule has 0 unspecified atom stereocenters.